The van der Waals surface area contributed by atoms with Gasteiger partial charge in [0.2, 0.25) is 0 Å². The number of nitrogens with two attached hydrogens (primary N) is 1. The van der Waals surface area contributed by atoms with E-state index in [0.29, 0.717) is 17.4 Å². The summed E-state index contributed by atoms with van der Waals surface area (Å²) in [5.74, 6) is 2.14. The van der Waals surface area contributed by atoms with E-state index in [1.54, 1.807) is 0 Å². The van der Waals surface area contributed by atoms with Crippen molar-refractivity contribution < 1.29 is 4.74 Å². The quantitative estimate of drug-likeness (QED) is 0.695. The Kier molecular flexibility index (Phi) is 3.51. The maximum Gasteiger partial charge on any atom is 0.150 e. The van der Waals surface area contributed by atoms with E-state index < -0.39 is 0 Å². The molecule has 4 rings (SSSR count). The van der Waals surface area contributed by atoms with Crippen LogP contribution in [0.3, 0.4) is 0 Å². The highest BCUT2D eigenvalue weighted by Crippen LogP contribution is 2.37. The lowest BCUT2D eigenvalue weighted by atomic mass is 9.96. The predicted molar refractivity (Wildman–Crippen MR) is 94.0 cm³/mol. The summed E-state index contributed by atoms with van der Waals surface area (Å²) in [6.45, 7) is 0. The number of para-hydroxylation sites is 2. The molecule has 1 aliphatic rings. The molecule has 0 amide bonds. The van der Waals surface area contributed by atoms with Gasteiger partial charge >= 0.3 is 0 Å². The van der Waals surface area contributed by atoms with E-state index in [-0.39, 0.29) is 0 Å². The molecule has 3 aromatic carbocycles. The van der Waals surface area contributed by atoms with Gasteiger partial charge in [-0.05, 0) is 59.7 Å². The molecule has 0 radical (unpaired) electrons. The van der Waals surface area contributed by atoms with Gasteiger partial charge in [-0.1, -0.05) is 48.5 Å². The van der Waals surface area contributed by atoms with E-state index in [4.69, 9.17) is 10.5 Å². The van der Waals surface area contributed by atoms with E-state index >= 15 is 0 Å². The van der Waals surface area contributed by atoms with Crippen molar-refractivity contribution in [3.8, 4) is 11.5 Å². The second-order valence-corrected chi connectivity index (χ2v) is 6.09. The second-order valence-electron chi connectivity index (χ2n) is 6.09. The van der Waals surface area contributed by atoms with Crippen LogP contribution in [-0.2, 0) is 12.8 Å². The third-order valence-corrected chi connectivity index (χ3v) is 4.53. The number of rotatable bonds is 3. The minimum Gasteiger partial charge on any atom is -0.455 e. The van der Waals surface area contributed by atoms with Crippen LogP contribution >= 0.6 is 0 Å². The SMILES string of the molecule is Nc1ccccc1Oc1ccc2c(c1)CC(c1ccccc1)C2. The summed E-state index contributed by atoms with van der Waals surface area (Å²) in [5, 5.41) is 0. The van der Waals surface area contributed by atoms with Gasteiger partial charge in [0, 0.05) is 0 Å². The summed E-state index contributed by atoms with van der Waals surface area (Å²) in [5.41, 5.74) is 10.8. The standard InChI is InChI=1S/C21H19NO/c22-20-8-4-5-9-21(20)23-19-11-10-16-12-17(13-18(16)14-19)15-6-2-1-3-7-15/h1-11,14,17H,12-13,22H2. The maximum atomic E-state index is 5.95. The molecule has 2 N–H and O–H groups in total. The highest BCUT2D eigenvalue weighted by molar-refractivity contribution is 5.54. The van der Waals surface area contributed by atoms with Crippen LogP contribution in [0.4, 0.5) is 5.69 Å². The molecule has 1 unspecified atom stereocenters. The number of anilines is 1. The van der Waals surface area contributed by atoms with Crippen molar-refractivity contribution in [1.82, 2.24) is 0 Å². The molecule has 0 saturated carbocycles. The van der Waals surface area contributed by atoms with Gasteiger partial charge in [-0.2, -0.15) is 0 Å². The highest BCUT2D eigenvalue weighted by Gasteiger charge is 2.23. The minimum atomic E-state index is 0.572. The molecule has 0 saturated heterocycles. The Bertz CT molecular complexity index is 826. The summed E-state index contributed by atoms with van der Waals surface area (Å²) in [6, 6.07) is 24.7. The van der Waals surface area contributed by atoms with Gasteiger partial charge in [0.15, 0.2) is 0 Å². The molecule has 0 bridgehead atoms. The third-order valence-electron chi connectivity index (χ3n) is 4.53. The van der Waals surface area contributed by atoms with Gasteiger partial charge in [0.25, 0.3) is 0 Å². The highest BCUT2D eigenvalue weighted by atomic mass is 16.5. The van der Waals surface area contributed by atoms with E-state index in [9.17, 15) is 0 Å². The van der Waals surface area contributed by atoms with E-state index in [1.807, 2.05) is 30.3 Å². The normalized spacial score (nSPS) is 16.1. The van der Waals surface area contributed by atoms with Gasteiger partial charge in [0.05, 0.1) is 5.69 Å². The molecule has 1 aliphatic carbocycles. The smallest absolute Gasteiger partial charge is 0.150 e. The molecule has 2 heteroatoms. The first-order valence-corrected chi connectivity index (χ1v) is 7.99. The Labute approximate surface area is 136 Å². The number of hydrogen-bond donors (Lipinski definition) is 1. The Morgan fingerprint density at radius 1 is 0.783 bits per heavy atom. The fraction of sp³-hybridized carbons (Fsp3) is 0.143. The molecule has 114 valence electrons. The van der Waals surface area contributed by atoms with E-state index in [2.05, 4.69) is 42.5 Å². The summed E-state index contributed by atoms with van der Waals surface area (Å²) in [7, 11) is 0. The number of nitrogen functional groups attached to an aromatic ring is 1. The van der Waals surface area contributed by atoms with Crippen molar-refractivity contribution in [1.29, 1.82) is 0 Å². The van der Waals surface area contributed by atoms with Gasteiger partial charge in [-0.15, -0.1) is 0 Å². The van der Waals surface area contributed by atoms with Crippen LogP contribution in [0, 0.1) is 0 Å². The van der Waals surface area contributed by atoms with Crippen molar-refractivity contribution in [2.45, 2.75) is 18.8 Å². The van der Waals surface area contributed by atoms with Gasteiger partial charge in [0.1, 0.15) is 11.5 Å². The predicted octanol–water partition coefficient (Wildman–Crippen LogP) is 4.94. The molecule has 2 nitrogen and oxygen atoms in total. The number of ether oxygens (including phenoxy) is 1. The molecule has 0 aliphatic heterocycles. The first-order chi connectivity index (χ1) is 11.3. The van der Waals surface area contributed by atoms with E-state index in [0.717, 1.165) is 18.6 Å². The number of benzene rings is 3. The molecule has 23 heavy (non-hydrogen) atoms. The van der Waals surface area contributed by atoms with Crippen molar-refractivity contribution in [2.24, 2.45) is 0 Å². The van der Waals surface area contributed by atoms with Gasteiger partial charge < -0.3 is 10.5 Å². The molecule has 0 aromatic heterocycles. The first-order valence-electron chi connectivity index (χ1n) is 7.99. The Morgan fingerprint density at radius 3 is 2.35 bits per heavy atom. The van der Waals surface area contributed by atoms with Crippen molar-refractivity contribution in [3.05, 3.63) is 89.5 Å². The Balaban J connectivity index is 1.56. The van der Waals surface area contributed by atoms with Crippen LogP contribution < -0.4 is 10.5 Å². The average Bonchev–Trinajstić information content (AvgIpc) is 3.01. The lowest BCUT2D eigenvalue weighted by Crippen LogP contribution is -1.96. The molecule has 0 fully saturated rings. The van der Waals surface area contributed by atoms with Crippen LogP contribution in [-0.4, -0.2) is 0 Å². The average molecular weight is 301 g/mol. The molecule has 0 spiro atoms. The molecule has 1 atom stereocenters. The van der Waals surface area contributed by atoms with Crippen molar-refractivity contribution in [3.63, 3.8) is 0 Å². The summed E-state index contributed by atoms with van der Waals surface area (Å²) < 4.78 is 5.95. The van der Waals surface area contributed by atoms with Crippen LogP contribution in [0.5, 0.6) is 11.5 Å². The Hall–Kier alpha value is -2.74. The third kappa shape index (κ3) is 2.80. The van der Waals surface area contributed by atoms with Crippen molar-refractivity contribution in [2.75, 3.05) is 5.73 Å². The summed E-state index contributed by atoms with van der Waals surface area (Å²) in [4.78, 5) is 0. The monoisotopic (exact) mass is 301 g/mol. The zero-order chi connectivity index (χ0) is 15.6. The van der Waals surface area contributed by atoms with Crippen LogP contribution in [0.1, 0.15) is 22.6 Å². The Morgan fingerprint density at radius 2 is 1.52 bits per heavy atom. The molecular formula is C21H19NO. The zero-order valence-electron chi connectivity index (χ0n) is 12.9. The largest absolute Gasteiger partial charge is 0.455 e. The maximum absolute atomic E-state index is 5.95. The summed E-state index contributed by atoms with van der Waals surface area (Å²) in [6.07, 6.45) is 2.17. The van der Waals surface area contributed by atoms with Crippen molar-refractivity contribution >= 4 is 5.69 Å². The van der Waals surface area contributed by atoms with Crippen LogP contribution in [0.2, 0.25) is 0 Å². The van der Waals surface area contributed by atoms with Gasteiger partial charge in [-0.3, -0.25) is 0 Å². The van der Waals surface area contributed by atoms with Crippen LogP contribution in [0.25, 0.3) is 0 Å². The van der Waals surface area contributed by atoms with E-state index in [1.165, 1.54) is 16.7 Å². The van der Waals surface area contributed by atoms with Gasteiger partial charge in [-0.25, -0.2) is 0 Å². The fourth-order valence-electron chi connectivity index (χ4n) is 3.32. The molecular weight excluding hydrogens is 282 g/mol. The first kappa shape index (κ1) is 13.9. The summed E-state index contributed by atoms with van der Waals surface area (Å²) >= 11 is 0. The zero-order valence-corrected chi connectivity index (χ0v) is 12.9. The lowest BCUT2D eigenvalue weighted by molar-refractivity contribution is 0.484. The fourth-order valence-corrected chi connectivity index (χ4v) is 3.32. The minimum absolute atomic E-state index is 0.572. The number of hydrogen-bond acceptors (Lipinski definition) is 2. The van der Waals surface area contributed by atoms with Crippen LogP contribution in [0.15, 0.2) is 72.8 Å². The lowest BCUT2D eigenvalue weighted by Gasteiger charge is -2.09. The second kappa shape index (κ2) is 5.81. The molecule has 3 aromatic rings. The topological polar surface area (TPSA) is 35.2 Å². The number of fused-ring (bicyclic) bond motifs is 1. The molecule has 0 heterocycles.